The molecule has 0 unspecified atom stereocenters. The van der Waals surface area contributed by atoms with Gasteiger partial charge in [-0.2, -0.15) is 13.2 Å². The molecule has 3 aromatic rings. The van der Waals surface area contributed by atoms with Crippen LogP contribution in [0.15, 0.2) is 51.7 Å². The van der Waals surface area contributed by atoms with E-state index >= 15 is 0 Å². The Hall–Kier alpha value is -3.18. The summed E-state index contributed by atoms with van der Waals surface area (Å²) in [6, 6.07) is 9.05. The van der Waals surface area contributed by atoms with Crippen LogP contribution in [0.2, 0.25) is 5.28 Å². The smallest absolute Gasteiger partial charge is 0.355 e. The fourth-order valence-electron chi connectivity index (χ4n) is 4.07. The average molecular weight is 584 g/mol. The van der Waals surface area contributed by atoms with Crippen molar-refractivity contribution in [1.29, 1.82) is 0 Å². The maximum absolute atomic E-state index is 13.3. The lowest BCUT2D eigenvalue weighted by Gasteiger charge is -2.34. The van der Waals surface area contributed by atoms with Crippen LogP contribution in [-0.4, -0.2) is 39.4 Å². The number of hydrogen-bond acceptors (Lipinski definition) is 4. The van der Waals surface area contributed by atoms with Gasteiger partial charge in [0.2, 0.25) is 5.28 Å². The van der Waals surface area contributed by atoms with E-state index in [4.69, 9.17) is 11.6 Å². The summed E-state index contributed by atoms with van der Waals surface area (Å²) >= 11 is 9.21. The Labute approximate surface area is 217 Å². The molecule has 1 atom stereocenters. The molecule has 188 valence electrons. The first-order chi connectivity index (χ1) is 16.9. The minimum atomic E-state index is -4.63. The van der Waals surface area contributed by atoms with E-state index in [0.717, 1.165) is 6.07 Å². The zero-order valence-electron chi connectivity index (χ0n) is 19.0. The molecule has 1 aromatic heterocycles. The number of hydrogen-bond donors (Lipinski definition) is 1. The van der Waals surface area contributed by atoms with Gasteiger partial charge in [0.05, 0.1) is 23.5 Å². The largest absolute Gasteiger partial charge is 0.417 e. The van der Waals surface area contributed by atoms with Crippen molar-refractivity contribution in [2.45, 2.75) is 32.1 Å². The van der Waals surface area contributed by atoms with Crippen LogP contribution in [-0.2, 0) is 19.1 Å². The molecule has 0 saturated carbocycles. The molecule has 36 heavy (non-hydrogen) atoms. The van der Waals surface area contributed by atoms with Gasteiger partial charge in [0, 0.05) is 34.3 Å². The van der Waals surface area contributed by atoms with Crippen molar-refractivity contribution < 1.29 is 22.8 Å². The van der Waals surface area contributed by atoms with Gasteiger partial charge in [0.25, 0.3) is 17.4 Å². The maximum atomic E-state index is 13.3. The van der Waals surface area contributed by atoms with Crippen LogP contribution in [0.1, 0.15) is 44.5 Å². The number of alkyl halides is 3. The third-order valence-electron chi connectivity index (χ3n) is 5.97. The first-order valence-electron chi connectivity index (χ1n) is 10.7. The number of carbonyl (C=O) groups is 2. The van der Waals surface area contributed by atoms with E-state index in [2.05, 4.69) is 26.2 Å². The van der Waals surface area contributed by atoms with Gasteiger partial charge >= 0.3 is 6.18 Å². The van der Waals surface area contributed by atoms with Crippen molar-refractivity contribution in [1.82, 2.24) is 19.8 Å². The molecule has 7 nitrogen and oxygen atoms in total. The minimum Gasteiger partial charge on any atom is -0.355 e. The first-order valence-corrected chi connectivity index (χ1v) is 11.9. The molecule has 2 aromatic carbocycles. The molecule has 0 radical (unpaired) electrons. The summed E-state index contributed by atoms with van der Waals surface area (Å²) in [6.45, 7) is 1.62. The van der Waals surface area contributed by atoms with Crippen molar-refractivity contribution >= 4 is 39.3 Å². The molecule has 0 bridgehead atoms. The van der Waals surface area contributed by atoms with Gasteiger partial charge in [-0.3, -0.25) is 19.0 Å². The zero-order chi connectivity index (χ0) is 26.4. The van der Waals surface area contributed by atoms with E-state index in [9.17, 15) is 27.6 Å². The summed E-state index contributed by atoms with van der Waals surface area (Å²) in [5.41, 5.74) is -0.0450. The number of rotatable bonds is 3. The highest BCUT2D eigenvalue weighted by Crippen LogP contribution is 2.36. The Kier molecular flexibility index (Phi) is 6.98. The molecule has 0 aliphatic carbocycles. The molecule has 1 aliphatic rings. The average Bonchev–Trinajstić information content (AvgIpc) is 2.83. The second-order valence-corrected chi connectivity index (χ2v) is 9.44. The Morgan fingerprint density at radius 1 is 1.14 bits per heavy atom. The second kappa shape index (κ2) is 9.70. The summed E-state index contributed by atoms with van der Waals surface area (Å²) in [5.74, 6) is -0.895. The normalized spacial score (nSPS) is 15.4. The molecule has 1 N–H and O–H groups in total. The number of aromatic nitrogens is 2. The molecule has 0 fully saturated rings. The second-order valence-electron chi connectivity index (χ2n) is 8.25. The molecular formula is C24H19BrClF3N4O3. The van der Waals surface area contributed by atoms with Crippen LogP contribution in [0.4, 0.5) is 13.2 Å². The van der Waals surface area contributed by atoms with Crippen LogP contribution in [0.25, 0.3) is 5.69 Å². The Balaban J connectivity index is 1.68. The Bertz CT molecular complexity index is 1420. The number of nitrogens with one attached hydrogen (secondary N) is 1. The van der Waals surface area contributed by atoms with Crippen molar-refractivity contribution in [3.63, 3.8) is 0 Å². The molecule has 2 amide bonds. The Morgan fingerprint density at radius 3 is 2.39 bits per heavy atom. The van der Waals surface area contributed by atoms with Crippen molar-refractivity contribution in [3.05, 3.63) is 90.5 Å². The quantitative estimate of drug-likeness (QED) is 0.457. The summed E-state index contributed by atoms with van der Waals surface area (Å²) < 4.78 is 41.0. The summed E-state index contributed by atoms with van der Waals surface area (Å²) in [6.07, 6.45) is -4.49. The molecule has 1 aliphatic heterocycles. The van der Waals surface area contributed by atoms with E-state index in [1.165, 1.54) is 28.6 Å². The number of amides is 2. The lowest BCUT2D eigenvalue weighted by Crippen LogP contribution is -2.45. The van der Waals surface area contributed by atoms with Crippen LogP contribution >= 0.6 is 27.5 Å². The van der Waals surface area contributed by atoms with E-state index in [0.29, 0.717) is 16.8 Å². The third-order valence-corrected chi connectivity index (χ3v) is 6.91. The predicted octanol–water partition coefficient (Wildman–Crippen LogP) is 4.61. The topological polar surface area (TPSA) is 84.3 Å². The van der Waals surface area contributed by atoms with E-state index in [1.54, 1.807) is 31.2 Å². The van der Waals surface area contributed by atoms with Crippen LogP contribution in [0, 0.1) is 0 Å². The summed E-state index contributed by atoms with van der Waals surface area (Å²) in [5, 5.41) is 2.37. The number of carbonyl (C=O) groups excluding carboxylic acids is 2. The van der Waals surface area contributed by atoms with Crippen LogP contribution in [0.3, 0.4) is 0 Å². The van der Waals surface area contributed by atoms with E-state index in [-0.39, 0.29) is 39.9 Å². The molecular weight excluding hydrogens is 565 g/mol. The van der Waals surface area contributed by atoms with Gasteiger partial charge in [-0.25, -0.2) is 4.98 Å². The van der Waals surface area contributed by atoms with Crippen LogP contribution < -0.4 is 10.9 Å². The standard InChI is InChI=1S/C24H19BrClF3N4O3/c1-12-9-16-19(11-32(12)21(35)14-5-8-18(25)17(10-14)24(27,28)29)31-23(26)33(22(16)36)15-6-3-13(4-7-15)20(34)30-2/h3-8,10,12H,9,11H2,1-2H3,(H,30,34)/t12-/m1/s1. The zero-order valence-corrected chi connectivity index (χ0v) is 21.3. The van der Waals surface area contributed by atoms with Gasteiger partial charge in [0.15, 0.2) is 0 Å². The first kappa shape index (κ1) is 25.9. The van der Waals surface area contributed by atoms with Crippen molar-refractivity contribution in [2.24, 2.45) is 0 Å². The maximum Gasteiger partial charge on any atom is 0.417 e. The third kappa shape index (κ3) is 4.77. The summed E-state index contributed by atoms with van der Waals surface area (Å²) in [4.78, 5) is 43.9. The predicted molar refractivity (Wildman–Crippen MR) is 130 cm³/mol. The van der Waals surface area contributed by atoms with Gasteiger partial charge in [0.1, 0.15) is 0 Å². The Morgan fingerprint density at radius 2 is 1.78 bits per heavy atom. The number of fused-ring (bicyclic) bond motifs is 1. The number of benzene rings is 2. The lowest BCUT2D eigenvalue weighted by atomic mass is 9.98. The highest BCUT2D eigenvalue weighted by atomic mass is 79.9. The molecule has 4 rings (SSSR count). The number of halogens is 5. The molecule has 12 heteroatoms. The van der Waals surface area contributed by atoms with Gasteiger partial charge in [-0.1, -0.05) is 15.9 Å². The van der Waals surface area contributed by atoms with Gasteiger partial charge in [-0.15, -0.1) is 0 Å². The van der Waals surface area contributed by atoms with Crippen molar-refractivity contribution in [2.75, 3.05) is 7.05 Å². The van der Waals surface area contributed by atoms with Gasteiger partial charge in [-0.05, 0) is 67.4 Å². The highest BCUT2D eigenvalue weighted by molar-refractivity contribution is 9.10. The molecule has 0 spiro atoms. The minimum absolute atomic E-state index is 0.0852. The van der Waals surface area contributed by atoms with E-state index in [1.807, 2.05) is 0 Å². The summed E-state index contributed by atoms with van der Waals surface area (Å²) in [7, 11) is 1.51. The number of nitrogens with zero attached hydrogens (tertiary/aromatic N) is 3. The molecule has 0 saturated heterocycles. The SMILES string of the molecule is CNC(=O)c1ccc(-n2c(Cl)nc3c(c2=O)C[C@@H](C)N(C(=O)c2ccc(Br)c(C(F)(F)F)c2)C3)cc1. The molecule has 2 heterocycles. The van der Waals surface area contributed by atoms with Crippen molar-refractivity contribution in [3.8, 4) is 5.69 Å². The fourth-order valence-corrected chi connectivity index (χ4v) is 4.82. The van der Waals surface area contributed by atoms with E-state index < -0.39 is 29.2 Å². The highest BCUT2D eigenvalue weighted by Gasteiger charge is 2.36. The lowest BCUT2D eigenvalue weighted by molar-refractivity contribution is -0.138. The monoisotopic (exact) mass is 582 g/mol. The van der Waals surface area contributed by atoms with Crippen LogP contribution in [0.5, 0.6) is 0 Å². The van der Waals surface area contributed by atoms with Gasteiger partial charge < -0.3 is 10.2 Å². The fraction of sp³-hybridized carbons (Fsp3) is 0.250.